The minimum Gasteiger partial charge on any atom is -0.462 e. The molecule has 0 saturated heterocycles. The van der Waals surface area contributed by atoms with Gasteiger partial charge in [-0.05, 0) is 73.7 Å². The summed E-state index contributed by atoms with van der Waals surface area (Å²) >= 11 is 1.90. The van der Waals surface area contributed by atoms with Gasteiger partial charge in [-0.25, -0.2) is 14.8 Å². The van der Waals surface area contributed by atoms with E-state index < -0.39 is 34.2 Å². The first-order valence-electron chi connectivity index (χ1n) is 14.2. The lowest BCUT2D eigenvalue weighted by molar-refractivity contribution is -0.384. The Balaban J connectivity index is 1.53. The van der Waals surface area contributed by atoms with Gasteiger partial charge in [0.05, 0.1) is 22.8 Å². The normalized spacial score (nSPS) is 13.0. The van der Waals surface area contributed by atoms with E-state index in [1.807, 2.05) is 0 Å². The quantitative estimate of drug-likeness (QED) is 0.0466. The Hall–Kier alpha value is -5.07. The van der Waals surface area contributed by atoms with E-state index in [4.69, 9.17) is 4.74 Å². The summed E-state index contributed by atoms with van der Waals surface area (Å²) in [5.74, 6) is -1.49. The predicted octanol–water partition coefficient (Wildman–Crippen LogP) is 7.88. The number of benzene rings is 2. The first-order valence-corrected chi connectivity index (χ1v) is 15.8. The van der Waals surface area contributed by atoms with Crippen molar-refractivity contribution in [3.8, 4) is 17.3 Å². The van der Waals surface area contributed by atoms with Gasteiger partial charge in [-0.1, -0.05) is 30.3 Å². The maximum absolute atomic E-state index is 13.8. The van der Waals surface area contributed by atoms with Crippen molar-refractivity contribution in [2.45, 2.75) is 48.8 Å². The van der Waals surface area contributed by atoms with Crippen LogP contribution in [0.2, 0.25) is 0 Å². The van der Waals surface area contributed by atoms with Gasteiger partial charge < -0.3 is 10.1 Å². The molecule has 2 aromatic heterocycles. The lowest BCUT2D eigenvalue weighted by Crippen LogP contribution is -2.16. The van der Waals surface area contributed by atoms with Crippen LogP contribution in [0.1, 0.15) is 51.8 Å². The minimum atomic E-state index is -4.80. The van der Waals surface area contributed by atoms with Crippen molar-refractivity contribution in [3.63, 3.8) is 0 Å². The predicted molar refractivity (Wildman–Crippen MR) is 169 cm³/mol. The number of alkyl halides is 3. The largest absolute Gasteiger partial charge is 0.462 e. The standard InChI is InChI=1S/C32H24F3N5O5S2/c1-2-45-30(42)27-22-10-6-7-11-25(22)46-29(27)39-28(41)20(17-36)14-19-15-21(40(43)44)12-13-24(19)47-31-37-23(18-8-4-3-5-9-18)16-26(38-31)32(33,34)35/h3-5,8-9,12-16H,2,6-7,10-11H2,1H3,(H,39,41)/b20-14-. The SMILES string of the molecule is CCOC(=O)c1c(NC(=O)/C(C#N)=C\c2cc([N+](=O)[O-])ccc2Sc2nc(-c3ccccc3)cc(C(F)(F)F)n2)sc2c1CCCC2. The molecule has 2 heterocycles. The molecule has 0 spiro atoms. The van der Waals surface area contributed by atoms with E-state index in [9.17, 15) is 38.1 Å². The van der Waals surface area contributed by atoms with Crippen molar-refractivity contribution in [3.05, 3.63) is 97.5 Å². The fraction of sp³-hybridized carbons (Fsp3) is 0.219. The number of hydrogen-bond acceptors (Lipinski definition) is 10. The number of thiophene rings is 1. The highest BCUT2D eigenvalue weighted by atomic mass is 32.2. The number of nitrogens with zero attached hydrogens (tertiary/aromatic N) is 4. The summed E-state index contributed by atoms with van der Waals surface area (Å²) < 4.78 is 46.7. The number of nitrogens with one attached hydrogen (secondary N) is 1. The molecule has 2 aromatic carbocycles. The monoisotopic (exact) mass is 679 g/mol. The van der Waals surface area contributed by atoms with Crippen molar-refractivity contribution in [1.82, 2.24) is 9.97 Å². The number of anilines is 1. The number of aryl methyl sites for hydroxylation is 1. The maximum Gasteiger partial charge on any atom is 0.433 e. The molecule has 1 aliphatic rings. The number of esters is 1. The number of halogens is 3. The Bertz CT molecular complexity index is 1940. The molecule has 0 fully saturated rings. The van der Waals surface area contributed by atoms with Crippen LogP contribution in [0.5, 0.6) is 0 Å². The first kappa shape index (κ1) is 33.3. The molecule has 10 nitrogen and oxygen atoms in total. The summed E-state index contributed by atoms with van der Waals surface area (Å²) in [6.07, 6.45) is -0.566. The average Bonchev–Trinajstić information content (AvgIpc) is 3.41. The molecule has 0 atom stereocenters. The van der Waals surface area contributed by atoms with Gasteiger partial charge in [0.1, 0.15) is 22.3 Å². The number of nitriles is 1. The number of carbonyl (C=O) groups is 2. The van der Waals surface area contributed by atoms with Gasteiger partial charge >= 0.3 is 12.1 Å². The molecule has 1 amide bonds. The molecule has 0 radical (unpaired) electrons. The van der Waals surface area contributed by atoms with Gasteiger partial charge in [-0.3, -0.25) is 14.9 Å². The van der Waals surface area contributed by atoms with E-state index in [2.05, 4.69) is 15.3 Å². The fourth-order valence-electron chi connectivity index (χ4n) is 4.87. The van der Waals surface area contributed by atoms with Crippen LogP contribution in [-0.4, -0.2) is 33.4 Å². The Morgan fingerprint density at radius 2 is 1.89 bits per heavy atom. The van der Waals surface area contributed by atoms with Crippen LogP contribution in [0.15, 0.2) is 70.2 Å². The van der Waals surface area contributed by atoms with Crippen LogP contribution in [0, 0.1) is 21.4 Å². The van der Waals surface area contributed by atoms with Crippen LogP contribution in [0.25, 0.3) is 17.3 Å². The number of carbonyl (C=O) groups excluding carboxylic acids is 2. The van der Waals surface area contributed by atoms with Crippen LogP contribution in [-0.2, 0) is 28.5 Å². The lowest BCUT2D eigenvalue weighted by atomic mass is 9.95. The van der Waals surface area contributed by atoms with Crippen molar-refractivity contribution < 1.29 is 32.4 Å². The number of rotatable bonds is 9. The van der Waals surface area contributed by atoms with Gasteiger partial charge in [0.25, 0.3) is 11.6 Å². The molecular formula is C32H24F3N5O5S2. The highest BCUT2D eigenvalue weighted by Gasteiger charge is 2.34. The van der Waals surface area contributed by atoms with E-state index in [0.717, 1.165) is 54.0 Å². The van der Waals surface area contributed by atoms with Gasteiger partial charge in [0.15, 0.2) is 5.16 Å². The minimum absolute atomic E-state index is 0.00238. The summed E-state index contributed by atoms with van der Waals surface area (Å²) in [4.78, 5) is 46.2. The molecule has 1 N–H and O–H groups in total. The number of aromatic nitrogens is 2. The molecule has 47 heavy (non-hydrogen) atoms. The number of ether oxygens (including phenoxy) is 1. The molecule has 15 heteroatoms. The Morgan fingerprint density at radius 3 is 2.57 bits per heavy atom. The Labute approximate surface area is 274 Å². The molecule has 0 bridgehead atoms. The molecule has 1 aliphatic carbocycles. The third kappa shape index (κ3) is 7.67. The molecule has 240 valence electrons. The second kappa shape index (κ2) is 14.1. The molecule has 0 unspecified atom stereocenters. The van der Waals surface area contributed by atoms with E-state index in [-0.39, 0.29) is 44.2 Å². The highest BCUT2D eigenvalue weighted by Crippen LogP contribution is 2.40. The van der Waals surface area contributed by atoms with Gasteiger partial charge in [-0.2, -0.15) is 18.4 Å². The van der Waals surface area contributed by atoms with Crippen LogP contribution in [0.3, 0.4) is 0 Å². The van der Waals surface area contributed by atoms with Gasteiger partial charge in [0, 0.05) is 27.5 Å². The zero-order valence-corrected chi connectivity index (χ0v) is 26.2. The van der Waals surface area contributed by atoms with Crippen molar-refractivity contribution in [2.24, 2.45) is 0 Å². The van der Waals surface area contributed by atoms with E-state index in [1.165, 1.54) is 17.4 Å². The summed E-state index contributed by atoms with van der Waals surface area (Å²) in [6.45, 7) is 1.78. The van der Waals surface area contributed by atoms with Crippen molar-refractivity contribution in [1.29, 1.82) is 5.26 Å². The number of non-ortho nitro benzene ring substituents is 1. The average molecular weight is 680 g/mol. The molecule has 5 rings (SSSR count). The molecular weight excluding hydrogens is 656 g/mol. The second-order valence-electron chi connectivity index (χ2n) is 10.1. The molecule has 0 aliphatic heterocycles. The number of nitro groups is 1. The van der Waals surface area contributed by atoms with Crippen molar-refractivity contribution >= 4 is 51.7 Å². The Kier molecular flexibility index (Phi) is 10.0. The summed E-state index contributed by atoms with van der Waals surface area (Å²) in [6, 6.07) is 14.3. The maximum atomic E-state index is 13.8. The van der Waals surface area contributed by atoms with Gasteiger partial charge in [0.2, 0.25) is 0 Å². The van der Waals surface area contributed by atoms with Gasteiger partial charge in [-0.15, -0.1) is 11.3 Å². The van der Waals surface area contributed by atoms with E-state index in [1.54, 1.807) is 43.3 Å². The van der Waals surface area contributed by atoms with Crippen LogP contribution < -0.4 is 5.32 Å². The second-order valence-corrected chi connectivity index (χ2v) is 12.2. The first-order chi connectivity index (χ1) is 22.5. The number of hydrogen-bond donors (Lipinski definition) is 1. The topological polar surface area (TPSA) is 148 Å². The summed E-state index contributed by atoms with van der Waals surface area (Å²) in [5, 5.41) is 24.1. The summed E-state index contributed by atoms with van der Waals surface area (Å²) in [5.41, 5.74) is -0.609. The van der Waals surface area contributed by atoms with Crippen LogP contribution >= 0.6 is 23.1 Å². The third-order valence-corrected chi connectivity index (χ3v) is 9.18. The van der Waals surface area contributed by atoms with E-state index in [0.29, 0.717) is 23.7 Å². The smallest absolute Gasteiger partial charge is 0.433 e. The fourth-order valence-corrected chi connectivity index (χ4v) is 7.00. The third-order valence-electron chi connectivity index (χ3n) is 7.01. The Morgan fingerprint density at radius 1 is 1.15 bits per heavy atom. The highest BCUT2D eigenvalue weighted by molar-refractivity contribution is 7.99. The van der Waals surface area contributed by atoms with Crippen LogP contribution in [0.4, 0.5) is 23.9 Å². The zero-order valence-electron chi connectivity index (χ0n) is 24.6. The van der Waals surface area contributed by atoms with Crippen molar-refractivity contribution in [2.75, 3.05) is 11.9 Å². The molecule has 4 aromatic rings. The number of fused-ring (bicyclic) bond motifs is 1. The summed E-state index contributed by atoms with van der Waals surface area (Å²) in [7, 11) is 0. The molecule has 0 saturated carbocycles. The lowest BCUT2D eigenvalue weighted by Gasteiger charge is -2.12. The number of nitro benzene ring substituents is 1. The zero-order chi connectivity index (χ0) is 33.7. The number of amides is 1. The van der Waals surface area contributed by atoms with E-state index >= 15 is 0 Å².